The van der Waals surface area contributed by atoms with Crippen molar-refractivity contribution in [1.82, 2.24) is 29.7 Å². The van der Waals surface area contributed by atoms with E-state index >= 15 is 0 Å². The number of amides is 1. The molecule has 1 saturated heterocycles. The lowest BCUT2D eigenvalue weighted by Crippen LogP contribution is -2.45. The van der Waals surface area contributed by atoms with E-state index in [1.54, 1.807) is 13.8 Å². The van der Waals surface area contributed by atoms with E-state index in [0.29, 0.717) is 5.75 Å². The highest BCUT2D eigenvalue weighted by Gasteiger charge is 2.54. The van der Waals surface area contributed by atoms with Crippen LogP contribution in [0.4, 0.5) is 10.7 Å². The number of aromatic nitrogens is 4. The van der Waals surface area contributed by atoms with E-state index in [1.165, 1.54) is 36.7 Å². The summed E-state index contributed by atoms with van der Waals surface area (Å²) in [6.07, 6.45) is -1.81. The molecule has 1 aliphatic rings. The molecule has 6 N–H and O–H groups in total. The van der Waals surface area contributed by atoms with Crippen LogP contribution in [-0.4, -0.2) is 105 Å². The molecule has 0 aliphatic carbocycles. The van der Waals surface area contributed by atoms with Crippen LogP contribution in [0.3, 0.4) is 0 Å². The van der Waals surface area contributed by atoms with Crippen molar-refractivity contribution >= 4 is 48.6 Å². The van der Waals surface area contributed by atoms with Gasteiger partial charge in [-0.15, -0.1) is 0 Å². The normalized spacial score (nSPS) is 24.5. The first-order valence-corrected chi connectivity index (χ1v) is 15.6. The molecular formula is C22H36N7O10PS. The molecule has 0 bridgehead atoms. The fourth-order valence-electron chi connectivity index (χ4n) is 4.08. The Hall–Kier alpha value is -2.73. The van der Waals surface area contributed by atoms with Crippen molar-refractivity contribution in [3.05, 3.63) is 6.33 Å². The van der Waals surface area contributed by atoms with Gasteiger partial charge < -0.3 is 34.9 Å². The highest BCUT2D eigenvalue weighted by molar-refractivity contribution is 7.98. The zero-order valence-corrected chi connectivity index (χ0v) is 25.0. The fourth-order valence-corrected chi connectivity index (χ4v) is 6.06. The maximum atomic E-state index is 13.8. The molecule has 3 rings (SSSR count). The molecule has 0 radical (unpaired) electrons. The largest absolute Gasteiger partial charge is 0.479 e. The molecule has 230 valence electrons. The van der Waals surface area contributed by atoms with Crippen molar-refractivity contribution in [3.63, 3.8) is 0 Å². The summed E-state index contributed by atoms with van der Waals surface area (Å²) in [5.41, 5.74) is 4.26. The molecule has 1 aliphatic heterocycles. The van der Waals surface area contributed by atoms with Gasteiger partial charge in [0.2, 0.25) is 11.8 Å². The van der Waals surface area contributed by atoms with Gasteiger partial charge in [-0.25, -0.2) is 24.5 Å². The SMILES string of the molecule is CCOC(=O)NP(=O)(N[C@@H](CCSC)C(=O)OCC)OC[C@H]1O[C@@H](n2cnc3c(OC)nc(N)nc32)[C@@](C)(O)C1O. The lowest BCUT2D eigenvalue weighted by atomic mass is 9.96. The first-order valence-electron chi connectivity index (χ1n) is 12.6. The van der Waals surface area contributed by atoms with E-state index in [0.717, 1.165) is 0 Å². The molecule has 3 heterocycles. The number of nitrogens with zero attached hydrogens (tertiary/aromatic N) is 4. The van der Waals surface area contributed by atoms with Gasteiger partial charge in [0, 0.05) is 0 Å². The number of imidazole rings is 1. The summed E-state index contributed by atoms with van der Waals surface area (Å²) in [6.45, 7) is 3.97. The molecule has 1 fully saturated rings. The number of aliphatic hydroxyl groups excluding tert-OH is 1. The number of nitrogens with two attached hydrogens (primary N) is 1. The summed E-state index contributed by atoms with van der Waals surface area (Å²) in [5.74, 6) is -0.217. The Kier molecular flexibility index (Phi) is 11.2. The number of hydrogen-bond donors (Lipinski definition) is 5. The Balaban J connectivity index is 1.85. The summed E-state index contributed by atoms with van der Waals surface area (Å²) in [5, 5.41) is 26.9. The smallest absolute Gasteiger partial charge is 0.415 e. The second-order valence-corrected chi connectivity index (χ2v) is 11.8. The number of ether oxygens (including phenoxy) is 4. The number of carbonyl (C=O) groups is 2. The van der Waals surface area contributed by atoms with Crippen molar-refractivity contribution in [2.24, 2.45) is 0 Å². The zero-order valence-electron chi connectivity index (χ0n) is 23.3. The number of anilines is 1. The number of nitrogens with one attached hydrogen (secondary N) is 2. The van der Waals surface area contributed by atoms with Crippen molar-refractivity contribution in [2.75, 3.05) is 44.7 Å². The van der Waals surface area contributed by atoms with Gasteiger partial charge >= 0.3 is 19.7 Å². The van der Waals surface area contributed by atoms with Gasteiger partial charge in [-0.3, -0.25) is 13.9 Å². The molecule has 1 amide bonds. The highest BCUT2D eigenvalue weighted by Crippen LogP contribution is 2.44. The summed E-state index contributed by atoms with van der Waals surface area (Å²) < 4.78 is 41.7. The first-order chi connectivity index (χ1) is 19.4. The summed E-state index contributed by atoms with van der Waals surface area (Å²) in [7, 11) is -2.99. The standard InChI is InChI=1S/C22H36N7O10PS/c1-6-36-18(31)12(8-9-41-5)27-40(34,28-21(32)37-7-2)38-10-13-15(30)22(3,33)19(39-13)29-11-24-14-16(29)25-20(23)26-17(14)35-4/h11-13,15,19,30,33H,6-10H2,1-5H3,(H2,23,25,26)(H2,27,28,32,34)/t12-,13+,15?,19+,22-,40?/m0/s1. The number of hydrogen-bond acceptors (Lipinski definition) is 15. The number of carbonyl (C=O) groups excluding carboxylic acids is 2. The number of esters is 1. The highest BCUT2D eigenvalue weighted by atomic mass is 32.2. The van der Waals surface area contributed by atoms with Crippen molar-refractivity contribution in [2.45, 2.75) is 57.3 Å². The average Bonchev–Trinajstić information content (AvgIpc) is 3.42. The third-order valence-electron chi connectivity index (χ3n) is 6.05. The van der Waals surface area contributed by atoms with Gasteiger partial charge in [0.05, 0.1) is 33.3 Å². The molecule has 0 aromatic carbocycles. The number of thioether (sulfide) groups is 1. The van der Waals surface area contributed by atoms with E-state index in [-0.39, 0.29) is 42.6 Å². The van der Waals surface area contributed by atoms with Crippen LogP contribution in [0.1, 0.15) is 33.4 Å². The van der Waals surface area contributed by atoms with Crippen LogP contribution < -0.4 is 20.6 Å². The fraction of sp³-hybridized carbons (Fsp3) is 0.682. The number of aliphatic hydroxyl groups is 2. The molecule has 17 nitrogen and oxygen atoms in total. The van der Waals surface area contributed by atoms with Gasteiger partial charge in [-0.2, -0.15) is 21.7 Å². The van der Waals surface area contributed by atoms with Crippen LogP contribution in [0.25, 0.3) is 11.2 Å². The topological polar surface area (TPSA) is 232 Å². The van der Waals surface area contributed by atoms with Gasteiger partial charge in [-0.05, 0) is 39.2 Å². The molecule has 19 heteroatoms. The molecule has 6 atom stereocenters. The Labute approximate surface area is 240 Å². The Morgan fingerprint density at radius 3 is 2.66 bits per heavy atom. The molecule has 2 aromatic rings. The minimum atomic E-state index is -4.37. The minimum absolute atomic E-state index is 0.0215. The van der Waals surface area contributed by atoms with Crippen molar-refractivity contribution in [3.8, 4) is 5.88 Å². The lowest BCUT2D eigenvalue weighted by molar-refractivity contribution is -0.145. The first kappa shape index (κ1) is 32.8. The summed E-state index contributed by atoms with van der Waals surface area (Å²) in [4.78, 5) is 37.1. The van der Waals surface area contributed by atoms with E-state index in [1.807, 2.05) is 6.26 Å². The predicted molar refractivity (Wildman–Crippen MR) is 147 cm³/mol. The monoisotopic (exact) mass is 621 g/mol. The maximum absolute atomic E-state index is 13.8. The maximum Gasteiger partial charge on any atom is 0.415 e. The Bertz CT molecular complexity index is 1260. The predicted octanol–water partition coefficient (Wildman–Crippen LogP) is 0.572. The summed E-state index contributed by atoms with van der Waals surface area (Å²) in [6, 6.07) is -1.10. The Morgan fingerprint density at radius 2 is 2.02 bits per heavy atom. The van der Waals surface area contributed by atoms with E-state index in [2.05, 4.69) is 25.1 Å². The van der Waals surface area contributed by atoms with E-state index in [9.17, 15) is 24.4 Å². The van der Waals surface area contributed by atoms with Crippen LogP contribution in [-0.2, 0) is 28.1 Å². The Morgan fingerprint density at radius 1 is 1.32 bits per heavy atom. The second-order valence-electron chi connectivity index (χ2n) is 9.01. The van der Waals surface area contributed by atoms with Crippen LogP contribution in [0.5, 0.6) is 5.88 Å². The number of fused-ring (bicyclic) bond motifs is 1. The average molecular weight is 622 g/mol. The van der Waals surface area contributed by atoms with Gasteiger partial charge in [0.15, 0.2) is 17.4 Å². The molecule has 2 aromatic heterocycles. The van der Waals surface area contributed by atoms with Crippen LogP contribution in [0.2, 0.25) is 0 Å². The quantitative estimate of drug-likeness (QED) is 0.143. The van der Waals surface area contributed by atoms with Crippen LogP contribution in [0, 0.1) is 0 Å². The van der Waals surface area contributed by atoms with Crippen LogP contribution >= 0.6 is 19.4 Å². The van der Waals surface area contributed by atoms with Crippen molar-refractivity contribution in [1.29, 1.82) is 0 Å². The molecule has 0 saturated carbocycles. The molecule has 0 spiro atoms. The lowest BCUT2D eigenvalue weighted by Gasteiger charge is -2.27. The van der Waals surface area contributed by atoms with E-state index < -0.39 is 56.4 Å². The summed E-state index contributed by atoms with van der Waals surface area (Å²) >= 11 is 1.45. The number of rotatable bonds is 14. The molecule has 41 heavy (non-hydrogen) atoms. The van der Waals surface area contributed by atoms with Crippen molar-refractivity contribution < 1.29 is 47.8 Å². The van der Waals surface area contributed by atoms with E-state index in [4.69, 9.17) is 29.2 Å². The van der Waals surface area contributed by atoms with Gasteiger partial charge in [0.1, 0.15) is 23.9 Å². The van der Waals surface area contributed by atoms with Gasteiger partial charge in [0.25, 0.3) is 0 Å². The third kappa shape index (κ3) is 7.57. The third-order valence-corrected chi connectivity index (χ3v) is 8.33. The molecule has 2 unspecified atom stereocenters. The zero-order chi connectivity index (χ0) is 30.4. The number of methoxy groups -OCH3 is 1. The molecular weight excluding hydrogens is 585 g/mol. The van der Waals surface area contributed by atoms with Gasteiger partial charge in [-0.1, -0.05) is 0 Å². The second kappa shape index (κ2) is 14.0. The number of nitrogen functional groups attached to an aromatic ring is 1. The minimum Gasteiger partial charge on any atom is -0.479 e. The van der Waals surface area contributed by atoms with Crippen LogP contribution in [0.15, 0.2) is 6.33 Å².